The number of fused-ring (bicyclic) bond motifs is 1. The van der Waals surface area contributed by atoms with E-state index in [-0.39, 0.29) is 29.6 Å². The molecule has 2 fully saturated rings. The SMILES string of the molecule is CNC(=O)c1c(-c2ccc(F)cc2)oc2cc(N3C(=O)CCC3c3ccc(B(O)O)cc3)c(C3CC3)cc12. The van der Waals surface area contributed by atoms with Crippen LogP contribution >= 0.6 is 0 Å². The third-order valence-corrected chi connectivity index (χ3v) is 7.51. The number of hydrogen-bond acceptors (Lipinski definition) is 5. The number of carbonyl (C=O) groups excluding carboxylic acids is 2. The van der Waals surface area contributed by atoms with Crippen molar-refractivity contribution in [2.75, 3.05) is 11.9 Å². The zero-order valence-corrected chi connectivity index (χ0v) is 20.8. The average Bonchev–Trinajstić information content (AvgIpc) is 3.60. The molecular formula is C29H26BFN2O5. The Labute approximate surface area is 219 Å². The van der Waals surface area contributed by atoms with Gasteiger partial charge in [-0.2, -0.15) is 0 Å². The van der Waals surface area contributed by atoms with Crippen LogP contribution in [0.15, 0.2) is 65.1 Å². The minimum absolute atomic E-state index is 0.000594. The first-order chi connectivity index (χ1) is 18.4. The number of benzene rings is 3. The highest BCUT2D eigenvalue weighted by Crippen LogP contribution is 2.50. The van der Waals surface area contributed by atoms with Crippen molar-refractivity contribution >= 4 is 41.1 Å². The summed E-state index contributed by atoms with van der Waals surface area (Å²) in [6, 6.07) is 16.4. The summed E-state index contributed by atoms with van der Waals surface area (Å²) in [5.41, 5.74) is 4.48. The normalized spacial score (nSPS) is 17.3. The zero-order valence-electron chi connectivity index (χ0n) is 20.8. The third-order valence-electron chi connectivity index (χ3n) is 7.51. The van der Waals surface area contributed by atoms with Crippen LogP contribution in [0.5, 0.6) is 0 Å². The van der Waals surface area contributed by atoms with E-state index >= 15 is 0 Å². The van der Waals surface area contributed by atoms with Crippen LogP contribution in [0.3, 0.4) is 0 Å². The minimum atomic E-state index is -1.56. The molecule has 192 valence electrons. The molecule has 2 amide bonds. The first-order valence-electron chi connectivity index (χ1n) is 12.7. The van der Waals surface area contributed by atoms with Crippen LogP contribution in [0.25, 0.3) is 22.3 Å². The van der Waals surface area contributed by atoms with Crippen molar-refractivity contribution < 1.29 is 28.4 Å². The van der Waals surface area contributed by atoms with E-state index in [4.69, 9.17) is 4.42 Å². The Hall–Kier alpha value is -3.95. The van der Waals surface area contributed by atoms with Gasteiger partial charge in [0.1, 0.15) is 17.2 Å². The Morgan fingerprint density at radius 3 is 2.39 bits per heavy atom. The van der Waals surface area contributed by atoms with Crippen molar-refractivity contribution in [1.29, 1.82) is 0 Å². The molecule has 1 aromatic heterocycles. The number of nitrogens with one attached hydrogen (secondary N) is 1. The highest BCUT2D eigenvalue weighted by molar-refractivity contribution is 6.58. The van der Waals surface area contributed by atoms with Crippen molar-refractivity contribution in [2.24, 2.45) is 0 Å². The number of halogens is 1. The highest BCUT2D eigenvalue weighted by Gasteiger charge is 2.38. The van der Waals surface area contributed by atoms with Crippen molar-refractivity contribution in [2.45, 2.75) is 37.6 Å². The topological polar surface area (TPSA) is 103 Å². The molecule has 9 heteroatoms. The summed E-state index contributed by atoms with van der Waals surface area (Å²) in [4.78, 5) is 28.1. The van der Waals surface area contributed by atoms with Gasteiger partial charge in [0, 0.05) is 30.5 Å². The molecule has 1 saturated carbocycles. The predicted octanol–water partition coefficient (Wildman–Crippen LogP) is 4.02. The Morgan fingerprint density at radius 1 is 1.05 bits per heavy atom. The monoisotopic (exact) mass is 512 g/mol. The molecule has 4 aromatic rings. The maximum Gasteiger partial charge on any atom is 0.488 e. The smallest absolute Gasteiger partial charge is 0.455 e. The molecule has 1 saturated heterocycles. The van der Waals surface area contributed by atoms with Crippen molar-refractivity contribution in [3.05, 3.63) is 83.2 Å². The second-order valence-corrected chi connectivity index (χ2v) is 9.93. The Bertz CT molecular complexity index is 1540. The molecule has 0 radical (unpaired) electrons. The fourth-order valence-corrected chi connectivity index (χ4v) is 5.43. The van der Waals surface area contributed by atoms with Crippen LogP contribution in [0.4, 0.5) is 10.1 Å². The van der Waals surface area contributed by atoms with Crippen LogP contribution in [-0.4, -0.2) is 36.0 Å². The predicted molar refractivity (Wildman–Crippen MR) is 143 cm³/mol. The van der Waals surface area contributed by atoms with E-state index in [0.29, 0.717) is 46.2 Å². The van der Waals surface area contributed by atoms with E-state index in [1.165, 1.54) is 12.1 Å². The van der Waals surface area contributed by atoms with Crippen molar-refractivity contribution in [3.8, 4) is 11.3 Å². The molecule has 1 aliphatic heterocycles. The van der Waals surface area contributed by atoms with Gasteiger partial charge in [0.2, 0.25) is 5.91 Å². The van der Waals surface area contributed by atoms with Gasteiger partial charge in [-0.25, -0.2) is 4.39 Å². The number of nitrogens with zero attached hydrogens (tertiary/aromatic N) is 1. The van der Waals surface area contributed by atoms with Gasteiger partial charge in [-0.05, 0) is 72.1 Å². The fraction of sp³-hybridized carbons (Fsp3) is 0.241. The van der Waals surface area contributed by atoms with E-state index in [0.717, 1.165) is 29.7 Å². The van der Waals surface area contributed by atoms with E-state index in [1.54, 1.807) is 31.3 Å². The van der Waals surface area contributed by atoms with Crippen molar-refractivity contribution in [1.82, 2.24) is 5.32 Å². The number of carbonyl (C=O) groups is 2. The van der Waals surface area contributed by atoms with Crippen molar-refractivity contribution in [3.63, 3.8) is 0 Å². The third kappa shape index (κ3) is 4.17. The Kier molecular flexibility index (Phi) is 6.05. The molecular weight excluding hydrogens is 486 g/mol. The standard InChI is InChI=1S/C29H26BFN2O5/c1-32-29(35)27-22-14-21(16-2-3-16)24(15-25(22)38-28(27)18-6-10-20(31)11-7-18)33-23(12-13-26(33)34)17-4-8-19(9-5-17)30(36)37/h4-11,14-16,23,36-37H,2-3,12-13H2,1H3,(H,32,35). The second kappa shape index (κ2) is 9.42. The van der Waals surface area contributed by atoms with Gasteiger partial charge in [-0.1, -0.05) is 24.3 Å². The highest BCUT2D eigenvalue weighted by atomic mass is 19.1. The lowest BCUT2D eigenvalue weighted by Crippen LogP contribution is -2.31. The lowest BCUT2D eigenvalue weighted by Gasteiger charge is -2.28. The van der Waals surface area contributed by atoms with Gasteiger partial charge in [-0.15, -0.1) is 0 Å². The lowest BCUT2D eigenvalue weighted by molar-refractivity contribution is -0.117. The summed E-state index contributed by atoms with van der Waals surface area (Å²) in [6.07, 6.45) is 3.00. The van der Waals surface area contributed by atoms with Gasteiger partial charge in [0.25, 0.3) is 5.91 Å². The summed E-state index contributed by atoms with van der Waals surface area (Å²) >= 11 is 0. The Balaban J connectivity index is 1.51. The number of amides is 2. The maximum atomic E-state index is 13.6. The summed E-state index contributed by atoms with van der Waals surface area (Å²) < 4.78 is 19.9. The molecule has 3 N–H and O–H groups in total. The van der Waals surface area contributed by atoms with Gasteiger partial charge in [0.15, 0.2) is 0 Å². The van der Waals surface area contributed by atoms with Crippen LogP contribution in [0.1, 0.15) is 59.1 Å². The largest absolute Gasteiger partial charge is 0.488 e. The van der Waals surface area contributed by atoms with Crippen LogP contribution in [0, 0.1) is 5.82 Å². The number of furan rings is 1. The quantitative estimate of drug-likeness (QED) is 0.339. The average molecular weight is 512 g/mol. The second-order valence-electron chi connectivity index (χ2n) is 9.93. The summed E-state index contributed by atoms with van der Waals surface area (Å²) in [5.74, 6) is -0.0687. The van der Waals surface area contributed by atoms with Gasteiger partial charge < -0.3 is 24.7 Å². The van der Waals surface area contributed by atoms with Gasteiger partial charge in [0.05, 0.1) is 17.3 Å². The van der Waals surface area contributed by atoms with Crippen LogP contribution < -0.4 is 15.7 Å². The molecule has 3 aromatic carbocycles. The number of anilines is 1. The van der Waals surface area contributed by atoms with E-state index in [1.807, 2.05) is 29.2 Å². The molecule has 1 aliphatic carbocycles. The number of rotatable bonds is 6. The minimum Gasteiger partial charge on any atom is -0.455 e. The molecule has 0 spiro atoms. The summed E-state index contributed by atoms with van der Waals surface area (Å²) in [5, 5.41) is 22.3. The summed E-state index contributed by atoms with van der Waals surface area (Å²) in [6.45, 7) is 0. The molecule has 2 aliphatic rings. The molecule has 6 rings (SSSR count). The first-order valence-corrected chi connectivity index (χ1v) is 12.7. The summed E-state index contributed by atoms with van der Waals surface area (Å²) in [7, 11) is -0.00151. The van der Waals surface area contributed by atoms with E-state index in [9.17, 15) is 24.0 Å². The van der Waals surface area contributed by atoms with Gasteiger partial charge in [-0.3, -0.25) is 9.59 Å². The van der Waals surface area contributed by atoms with Crippen LogP contribution in [0.2, 0.25) is 0 Å². The number of hydrogen-bond donors (Lipinski definition) is 3. The molecule has 1 atom stereocenters. The van der Waals surface area contributed by atoms with E-state index < -0.39 is 7.12 Å². The molecule has 1 unspecified atom stereocenters. The molecule has 0 bridgehead atoms. The first kappa shape index (κ1) is 24.4. The molecule has 7 nitrogen and oxygen atoms in total. The molecule has 38 heavy (non-hydrogen) atoms. The van der Waals surface area contributed by atoms with Crippen LogP contribution in [-0.2, 0) is 4.79 Å². The molecule has 2 heterocycles. The fourth-order valence-electron chi connectivity index (χ4n) is 5.43. The maximum absolute atomic E-state index is 13.6. The van der Waals surface area contributed by atoms with Gasteiger partial charge >= 0.3 is 7.12 Å². The Morgan fingerprint density at radius 2 is 1.76 bits per heavy atom. The van der Waals surface area contributed by atoms with E-state index in [2.05, 4.69) is 5.32 Å². The zero-order chi connectivity index (χ0) is 26.6. The lowest BCUT2D eigenvalue weighted by atomic mass is 9.79.